The molecule has 2 fully saturated rings. The Hall–Kier alpha value is -1.26. The predicted molar refractivity (Wildman–Crippen MR) is 72.1 cm³/mol. The molecule has 2 heterocycles. The second-order valence-corrected chi connectivity index (χ2v) is 5.41. The fourth-order valence-corrected chi connectivity index (χ4v) is 3.33. The molecule has 1 aromatic rings. The summed E-state index contributed by atoms with van der Waals surface area (Å²) in [6.45, 7) is 3.14. The van der Waals surface area contributed by atoms with Crippen molar-refractivity contribution in [3.05, 3.63) is 28.8 Å². The van der Waals surface area contributed by atoms with E-state index in [9.17, 15) is 4.79 Å². The normalized spacial score (nSPS) is 26.4. The molecule has 1 aromatic carbocycles. The van der Waals surface area contributed by atoms with Crippen molar-refractivity contribution in [1.29, 1.82) is 0 Å². The van der Waals surface area contributed by atoms with Gasteiger partial charge in [0, 0.05) is 31.2 Å². The fourth-order valence-electron chi connectivity index (χ4n) is 3.04. The highest BCUT2D eigenvalue weighted by atomic mass is 35.5. The molecule has 2 aliphatic rings. The minimum atomic E-state index is -0.440. The molecule has 0 saturated carbocycles. The number of nitrogens with zero attached hydrogens (tertiary/aromatic N) is 1. The smallest absolute Gasteiger partial charge is 0.248 e. The van der Waals surface area contributed by atoms with Crippen molar-refractivity contribution in [2.75, 3.05) is 24.5 Å². The van der Waals surface area contributed by atoms with E-state index in [-0.39, 0.29) is 0 Å². The lowest BCUT2D eigenvalue weighted by Crippen LogP contribution is -2.34. The first-order chi connectivity index (χ1) is 8.66. The lowest BCUT2D eigenvalue weighted by molar-refractivity contribution is 0.100. The van der Waals surface area contributed by atoms with Crippen LogP contribution in [0.25, 0.3) is 0 Å². The Morgan fingerprint density at radius 1 is 1.44 bits per heavy atom. The number of nitrogens with one attached hydrogen (secondary N) is 1. The standard InChI is InChI=1S/C13H16ClN3O/c14-10-5-8(13(15)18)1-2-11(10)17-4-3-9-6-16-7-12(9)17/h1-2,5,9,12,16H,3-4,6-7H2,(H2,15,18)/t9-,12+/m0/s1. The van der Waals surface area contributed by atoms with Gasteiger partial charge in [-0.2, -0.15) is 0 Å². The Morgan fingerprint density at radius 2 is 2.28 bits per heavy atom. The number of nitrogens with two attached hydrogens (primary N) is 1. The van der Waals surface area contributed by atoms with Crippen LogP contribution in [0.1, 0.15) is 16.8 Å². The van der Waals surface area contributed by atoms with Gasteiger partial charge in [-0.25, -0.2) is 0 Å². The van der Waals surface area contributed by atoms with E-state index < -0.39 is 5.91 Å². The van der Waals surface area contributed by atoms with Crippen molar-refractivity contribution in [2.45, 2.75) is 12.5 Å². The van der Waals surface area contributed by atoms with E-state index in [0.29, 0.717) is 16.6 Å². The summed E-state index contributed by atoms with van der Waals surface area (Å²) in [5, 5.41) is 4.02. The molecule has 0 aromatic heterocycles. The van der Waals surface area contributed by atoms with Gasteiger partial charge in [-0.05, 0) is 30.5 Å². The van der Waals surface area contributed by atoms with E-state index in [1.807, 2.05) is 6.07 Å². The monoisotopic (exact) mass is 265 g/mol. The van der Waals surface area contributed by atoms with E-state index in [1.54, 1.807) is 12.1 Å². The number of primary amides is 1. The van der Waals surface area contributed by atoms with Crippen molar-refractivity contribution >= 4 is 23.2 Å². The zero-order valence-electron chi connectivity index (χ0n) is 10.0. The van der Waals surface area contributed by atoms with Crippen LogP contribution in [0.2, 0.25) is 5.02 Å². The molecule has 2 aliphatic heterocycles. The molecule has 2 atom stereocenters. The summed E-state index contributed by atoms with van der Waals surface area (Å²) in [4.78, 5) is 13.5. The highest BCUT2D eigenvalue weighted by Gasteiger charge is 2.38. The summed E-state index contributed by atoms with van der Waals surface area (Å²) in [5.74, 6) is 0.280. The van der Waals surface area contributed by atoms with Gasteiger partial charge in [-0.3, -0.25) is 4.79 Å². The summed E-state index contributed by atoms with van der Waals surface area (Å²) in [5.41, 5.74) is 6.72. The Kier molecular flexibility index (Phi) is 2.92. The van der Waals surface area contributed by atoms with Crippen molar-refractivity contribution in [3.8, 4) is 0 Å². The fraction of sp³-hybridized carbons (Fsp3) is 0.462. The molecule has 0 radical (unpaired) electrons. The van der Waals surface area contributed by atoms with Crippen LogP contribution < -0.4 is 16.0 Å². The maximum Gasteiger partial charge on any atom is 0.248 e. The van der Waals surface area contributed by atoms with Crippen LogP contribution >= 0.6 is 11.6 Å². The molecule has 2 saturated heterocycles. The van der Waals surface area contributed by atoms with Gasteiger partial charge >= 0.3 is 0 Å². The number of rotatable bonds is 2. The molecule has 0 bridgehead atoms. The molecule has 5 heteroatoms. The van der Waals surface area contributed by atoms with Gasteiger partial charge in [0.1, 0.15) is 0 Å². The second kappa shape index (κ2) is 4.44. The SMILES string of the molecule is NC(=O)c1ccc(N2CC[C@H]3CNC[C@H]32)c(Cl)c1. The third-order valence-corrected chi connectivity index (χ3v) is 4.29. The zero-order valence-corrected chi connectivity index (χ0v) is 10.8. The van der Waals surface area contributed by atoms with E-state index in [1.165, 1.54) is 6.42 Å². The number of carbonyl (C=O) groups excluding carboxylic acids is 1. The second-order valence-electron chi connectivity index (χ2n) is 5.00. The summed E-state index contributed by atoms with van der Waals surface area (Å²) in [6.07, 6.45) is 1.20. The maximum atomic E-state index is 11.1. The number of hydrogen-bond acceptors (Lipinski definition) is 3. The van der Waals surface area contributed by atoms with Crippen LogP contribution in [-0.2, 0) is 0 Å². The maximum absolute atomic E-state index is 11.1. The van der Waals surface area contributed by atoms with Crippen molar-refractivity contribution in [1.82, 2.24) is 5.32 Å². The number of amides is 1. The first-order valence-electron chi connectivity index (χ1n) is 6.23. The van der Waals surface area contributed by atoms with Crippen LogP contribution in [-0.4, -0.2) is 31.6 Å². The zero-order chi connectivity index (χ0) is 12.7. The molecule has 3 N–H and O–H groups in total. The van der Waals surface area contributed by atoms with Gasteiger partial charge in [-0.1, -0.05) is 11.6 Å². The van der Waals surface area contributed by atoms with E-state index in [2.05, 4.69) is 10.2 Å². The number of halogens is 1. The number of fused-ring (bicyclic) bond motifs is 1. The summed E-state index contributed by atoms with van der Waals surface area (Å²) in [6, 6.07) is 5.85. The highest BCUT2D eigenvalue weighted by molar-refractivity contribution is 6.33. The Morgan fingerprint density at radius 3 is 3.00 bits per heavy atom. The third-order valence-electron chi connectivity index (χ3n) is 3.99. The predicted octanol–water partition coefficient (Wildman–Crippen LogP) is 1.24. The molecule has 18 heavy (non-hydrogen) atoms. The van der Waals surface area contributed by atoms with Crippen molar-refractivity contribution in [3.63, 3.8) is 0 Å². The average Bonchev–Trinajstić information content (AvgIpc) is 2.91. The molecule has 0 unspecified atom stereocenters. The van der Waals surface area contributed by atoms with Crippen LogP contribution in [0, 0.1) is 5.92 Å². The average molecular weight is 266 g/mol. The topological polar surface area (TPSA) is 58.4 Å². The summed E-state index contributed by atoms with van der Waals surface area (Å²) < 4.78 is 0. The van der Waals surface area contributed by atoms with Gasteiger partial charge < -0.3 is 16.0 Å². The van der Waals surface area contributed by atoms with E-state index in [0.717, 1.165) is 31.2 Å². The quantitative estimate of drug-likeness (QED) is 0.846. The number of anilines is 1. The number of carbonyl (C=O) groups is 1. The van der Waals surface area contributed by atoms with Gasteiger partial charge in [0.25, 0.3) is 0 Å². The highest BCUT2D eigenvalue weighted by Crippen LogP contribution is 2.36. The molecule has 1 amide bonds. The molecular formula is C13H16ClN3O. The summed E-state index contributed by atoms with van der Waals surface area (Å²) in [7, 11) is 0. The van der Waals surface area contributed by atoms with Gasteiger partial charge in [-0.15, -0.1) is 0 Å². The molecule has 4 nitrogen and oxygen atoms in total. The number of benzene rings is 1. The Labute approximate surface area is 111 Å². The first kappa shape index (κ1) is 11.8. The Bertz CT molecular complexity index is 491. The molecule has 0 spiro atoms. The minimum Gasteiger partial charge on any atom is -0.366 e. The lowest BCUT2D eigenvalue weighted by atomic mass is 10.0. The van der Waals surface area contributed by atoms with Crippen LogP contribution in [0.5, 0.6) is 0 Å². The first-order valence-corrected chi connectivity index (χ1v) is 6.61. The van der Waals surface area contributed by atoms with Crippen LogP contribution in [0.15, 0.2) is 18.2 Å². The van der Waals surface area contributed by atoms with Crippen molar-refractivity contribution < 1.29 is 4.79 Å². The number of hydrogen-bond donors (Lipinski definition) is 2. The molecule has 3 rings (SSSR count). The Balaban J connectivity index is 1.90. The van der Waals surface area contributed by atoms with Gasteiger partial charge in [0.15, 0.2) is 0 Å². The van der Waals surface area contributed by atoms with E-state index >= 15 is 0 Å². The minimum absolute atomic E-state index is 0.440. The molecular weight excluding hydrogens is 250 g/mol. The van der Waals surface area contributed by atoms with Crippen molar-refractivity contribution in [2.24, 2.45) is 11.7 Å². The van der Waals surface area contributed by atoms with Crippen LogP contribution in [0.4, 0.5) is 5.69 Å². The third kappa shape index (κ3) is 1.85. The van der Waals surface area contributed by atoms with E-state index in [4.69, 9.17) is 17.3 Å². The summed E-state index contributed by atoms with van der Waals surface area (Å²) >= 11 is 6.27. The van der Waals surface area contributed by atoms with Crippen LogP contribution in [0.3, 0.4) is 0 Å². The van der Waals surface area contributed by atoms with Gasteiger partial charge in [0.05, 0.1) is 10.7 Å². The van der Waals surface area contributed by atoms with Gasteiger partial charge in [0.2, 0.25) is 5.91 Å². The molecule has 0 aliphatic carbocycles. The lowest BCUT2D eigenvalue weighted by Gasteiger charge is -2.26. The largest absolute Gasteiger partial charge is 0.366 e. The molecule has 96 valence electrons.